The van der Waals surface area contributed by atoms with Gasteiger partial charge in [-0.1, -0.05) is 0 Å². The number of aryl methyl sites for hydroxylation is 1. The van der Waals surface area contributed by atoms with E-state index in [9.17, 15) is 0 Å². The van der Waals surface area contributed by atoms with E-state index in [0.29, 0.717) is 0 Å². The minimum absolute atomic E-state index is 0.201. The fraction of sp³-hybridized carbons (Fsp3) is 0.227. The van der Waals surface area contributed by atoms with Crippen molar-refractivity contribution in [2.45, 2.75) is 51.4 Å². The minimum atomic E-state index is -0.296. The summed E-state index contributed by atoms with van der Waals surface area (Å²) in [5.41, 5.74) is 17.0. The first-order valence-electron chi connectivity index (χ1n) is 17.7. The van der Waals surface area contributed by atoms with Crippen LogP contribution in [0.3, 0.4) is 0 Å². The van der Waals surface area contributed by atoms with Crippen LogP contribution in [0.25, 0.3) is 22.7 Å². The average Bonchev–Trinajstić information content (AvgIpc) is 3.46. The Morgan fingerprint density at radius 3 is 2.46 bits per heavy atom. The Balaban J connectivity index is 1.45. The number of hydrogen-bond acceptors (Lipinski definition) is 1. The van der Waals surface area contributed by atoms with Crippen molar-refractivity contribution in [1.29, 1.82) is 0 Å². The van der Waals surface area contributed by atoms with Gasteiger partial charge in [-0.2, -0.15) is 0 Å². The Morgan fingerprint density at radius 2 is 1.65 bits per heavy atom. The third kappa shape index (κ3) is 4.19. The molecule has 3 aliphatic rings. The van der Waals surface area contributed by atoms with Crippen LogP contribution in [0.15, 0.2) is 109 Å². The van der Waals surface area contributed by atoms with Crippen LogP contribution in [0.2, 0.25) is 0 Å². The maximum atomic E-state index is 2.69. The quantitative estimate of drug-likeness (QED) is 0.197. The van der Waals surface area contributed by atoms with E-state index in [1.54, 1.807) is 11.0 Å². The Morgan fingerprint density at radius 1 is 0.833 bits per heavy atom. The fourth-order valence-electron chi connectivity index (χ4n) is 9.35. The van der Waals surface area contributed by atoms with Crippen molar-refractivity contribution in [2.75, 3.05) is 19.0 Å². The van der Waals surface area contributed by atoms with Crippen LogP contribution in [0, 0.1) is 0 Å². The van der Waals surface area contributed by atoms with Gasteiger partial charge in [0.25, 0.3) is 0 Å². The van der Waals surface area contributed by atoms with Gasteiger partial charge in [0.05, 0.1) is 0 Å². The van der Waals surface area contributed by atoms with Crippen molar-refractivity contribution >= 4 is 69.6 Å². The summed E-state index contributed by atoms with van der Waals surface area (Å²) >= 11 is 0.209. The van der Waals surface area contributed by atoms with Gasteiger partial charge in [0.2, 0.25) is 0 Å². The topological polar surface area (TPSA) is 8.17 Å². The molecule has 5 aromatic carbocycles. The molecule has 236 valence electrons. The number of hydrogen-bond donors (Lipinski definition) is 0. The molecular formula is C44H41BN2Se. The van der Waals surface area contributed by atoms with Crippen molar-refractivity contribution in [2.24, 2.45) is 0 Å². The van der Waals surface area contributed by atoms with E-state index in [0.717, 1.165) is 12.8 Å². The van der Waals surface area contributed by atoms with Gasteiger partial charge in [0, 0.05) is 0 Å². The molecule has 1 atom stereocenters. The summed E-state index contributed by atoms with van der Waals surface area (Å²) in [4.78, 5) is 2.25. The molecule has 48 heavy (non-hydrogen) atoms. The molecule has 2 aliphatic heterocycles. The number of nitrogens with zero attached hydrogens (tertiary/aromatic N) is 2. The summed E-state index contributed by atoms with van der Waals surface area (Å²) in [5, 5.41) is 1.43. The Hall–Kier alpha value is -4.24. The first kappa shape index (κ1) is 29.9. The van der Waals surface area contributed by atoms with Crippen LogP contribution in [0.5, 0.6) is 0 Å². The van der Waals surface area contributed by atoms with Gasteiger partial charge >= 0.3 is 293 Å². The first-order chi connectivity index (χ1) is 23.5. The fourth-order valence-corrected chi connectivity index (χ4v) is 12.0. The van der Waals surface area contributed by atoms with Gasteiger partial charge < -0.3 is 0 Å². The molecule has 4 heteroatoms. The zero-order chi connectivity index (χ0) is 32.6. The molecule has 0 N–H and O–H groups in total. The molecule has 6 aromatic rings. The van der Waals surface area contributed by atoms with Crippen molar-refractivity contribution in [1.82, 2.24) is 4.57 Å². The second kappa shape index (κ2) is 11.4. The average molecular weight is 688 g/mol. The van der Waals surface area contributed by atoms with E-state index >= 15 is 0 Å². The zero-order valence-electron chi connectivity index (χ0n) is 28.4. The molecule has 1 aliphatic carbocycles. The van der Waals surface area contributed by atoms with Crippen molar-refractivity contribution < 1.29 is 0 Å². The molecule has 3 heterocycles. The van der Waals surface area contributed by atoms with E-state index in [4.69, 9.17) is 0 Å². The van der Waals surface area contributed by atoms with Crippen molar-refractivity contribution in [3.05, 3.63) is 143 Å². The monoisotopic (exact) mass is 688 g/mol. The second-order valence-electron chi connectivity index (χ2n) is 14.0. The summed E-state index contributed by atoms with van der Waals surface area (Å²) in [6.07, 6.45) is 10.3. The standard InChI is InChI=1S/C44H41BN2Se/c1-5-15-29-26-34-43-41(27-29)48-40-28-31(46(3)4)24-25-35(40)45(43)36-20-14-23-39(42(36)44(34,6-2)30-16-8-7-9-17-30)47-37-21-12-10-18-32(37)33-19-11-13-22-38(33)47/h5,7-10,12,14-18,20-21,23-28H,6,11,13,19,22H2,1-4H3/b15-5+. The van der Waals surface area contributed by atoms with E-state index in [1.807, 2.05) is 0 Å². The predicted octanol–water partition coefficient (Wildman–Crippen LogP) is 6.15. The summed E-state index contributed by atoms with van der Waals surface area (Å²) in [7, 11) is 4.32. The third-order valence-corrected chi connectivity index (χ3v) is 13.7. The molecule has 0 bridgehead atoms. The molecule has 0 saturated carbocycles. The number of anilines is 1. The van der Waals surface area contributed by atoms with Crippen LogP contribution in [0.1, 0.15) is 66.6 Å². The molecule has 9 rings (SSSR count). The van der Waals surface area contributed by atoms with Crippen LogP contribution >= 0.6 is 0 Å². The van der Waals surface area contributed by atoms with Gasteiger partial charge in [0.1, 0.15) is 0 Å². The van der Waals surface area contributed by atoms with Crippen molar-refractivity contribution in [3.63, 3.8) is 0 Å². The first-order valence-corrected chi connectivity index (χ1v) is 19.4. The molecular weight excluding hydrogens is 646 g/mol. The van der Waals surface area contributed by atoms with Gasteiger partial charge in [-0.3, -0.25) is 0 Å². The summed E-state index contributed by atoms with van der Waals surface area (Å²) in [5.74, 6) is 0. The summed E-state index contributed by atoms with van der Waals surface area (Å²) < 4.78 is 5.74. The zero-order valence-corrected chi connectivity index (χ0v) is 30.1. The summed E-state index contributed by atoms with van der Waals surface area (Å²) in [6.45, 7) is 4.78. The molecule has 0 saturated heterocycles. The van der Waals surface area contributed by atoms with Gasteiger partial charge in [-0.05, 0) is 0 Å². The number of rotatable bonds is 5. The number of para-hydroxylation sites is 1. The summed E-state index contributed by atoms with van der Waals surface area (Å²) in [6, 6.07) is 40.3. The van der Waals surface area contributed by atoms with E-state index in [1.165, 1.54) is 89.3 Å². The second-order valence-corrected chi connectivity index (χ2v) is 16.3. The predicted molar refractivity (Wildman–Crippen MR) is 208 cm³/mol. The Kier molecular flexibility index (Phi) is 7.12. The van der Waals surface area contributed by atoms with Gasteiger partial charge in [-0.25, -0.2) is 0 Å². The molecule has 1 unspecified atom stereocenters. The molecule has 0 spiro atoms. The third-order valence-electron chi connectivity index (χ3n) is 11.3. The van der Waals surface area contributed by atoms with E-state index < -0.39 is 0 Å². The number of allylic oxidation sites excluding steroid dienone is 1. The van der Waals surface area contributed by atoms with Gasteiger partial charge in [-0.15, -0.1) is 0 Å². The van der Waals surface area contributed by atoms with Crippen LogP contribution in [0.4, 0.5) is 5.69 Å². The molecule has 1 aromatic heterocycles. The van der Waals surface area contributed by atoms with Crippen LogP contribution in [-0.4, -0.2) is 40.3 Å². The van der Waals surface area contributed by atoms with Crippen LogP contribution in [-0.2, 0) is 18.3 Å². The number of aromatic nitrogens is 1. The molecule has 0 radical (unpaired) electrons. The number of fused-ring (bicyclic) bond motifs is 7. The maximum absolute atomic E-state index is 2.69. The molecule has 0 amide bonds. The molecule has 2 nitrogen and oxygen atoms in total. The SMILES string of the molecule is C/C=C/c1cc2c3c(c1)C(CC)(c1ccccc1)c1c(cccc1-n1c4c(c5ccccc51)CCCC4)B3c1ccc(N(C)C)cc1[Se]2. The van der Waals surface area contributed by atoms with Crippen molar-refractivity contribution in [3.8, 4) is 5.69 Å². The Bertz CT molecular complexity index is 2260. The normalized spacial score (nSPS) is 17.6. The molecule has 0 fully saturated rings. The van der Waals surface area contributed by atoms with E-state index in [2.05, 4.69) is 153 Å². The van der Waals surface area contributed by atoms with E-state index in [-0.39, 0.29) is 27.1 Å². The number of benzene rings is 5. The van der Waals surface area contributed by atoms with Gasteiger partial charge in [0.15, 0.2) is 0 Å². The van der Waals surface area contributed by atoms with Crippen LogP contribution < -0.4 is 30.2 Å². The Labute approximate surface area is 291 Å².